The van der Waals surface area contributed by atoms with Gasteiger partial charge in [-0.05, 0) is 33.5 Å². The van der Waals surface area contributed by atoms with Crippen LogP contribution in [0.1, 0.15) is 28.8 Å². The minimum absolute atomic E-state index is 0.262. The lowest BCUT2D eigenvalue weighted by Crippen LogP contribution is -2.30. The summed E-state index contributed by atoms with van der Waals surface area (Å²) < 4.78 is 0. The zero-order valence-corrected chi connectivity index (χ0v) is 12.1. The third-order valence-electron chi connectivity index (χ3n) is 3.84. The lowest BCUT2D eigenvalue weighted by Gasteiger charge is -2.19. The van der Waals surface area contributed by atoms with Crippen molar-refractivity contribution in [1.82, 2.24) is 9.80 Å². The van der Waals surface area contributed by atoms with Gasteiger partial charge in [-0.3, -0.25) is 4.79 Å². The van der Waals surface area contributed by atoms with E-state index >= 15 is 0 Å². The molecule has 1 aromatic rings. The van der Waals surface area contributed by atoms with Crippen LogP contribution in [0.2, 0.25) is 0 Å². The van der Waals surface area contributed by atoms with E-state index < -0.39 is 0 Å². The first-order valence-electron chi connectivity index (χ1n) is 7.16. The van der Waals surface area contributed by atoms with Crippen LogP contribution in [0.5, 0.6) is 0 Å². The van der Waals surface area contributed by atoms with E-state index in [2.05, 4.69) is 16.8 Å². The van der Waals surface area contributed by atoms with Gasteiger partial charge in [0.1, 0.15) is 0 Å². The maximum absolute atomic E-state index is 12.1. The molecule has 1 saturated heterocycles. The Morgan fingerprint density at radius 2 is 1.84 bits per heavy atom. The smallest absolute Gasteiger partial charge is 0.164 e. The largest absolute Gasteiger partial charge is 0.305 e. The molecule has 1 aliphatic heterocycles. The molecule has 0 radical (unpaired) electrons. The molecule has 0 unspecified atom stereocenters. The average molecular weight is 260 g/mol. The van der Waals surface area contributed by atoms with Gasteiger partial charge in [0.25, 0.3) is 0 Å². The molecule has 0 aromatic heterocycles. The van der Waals surface area contributed by atoms with E-state index in [1.54, 1.807) is 0 Å². The number of likely N-dealkylation sites (N-methyl/N-ethyl adjacent to an activating group) is 1. The Bertz CT molecular complexity index is 413. The molecule has 3 heteroatoms. The summed E-state index contributed by atoms with van der Waals surface area (Å²) >= 11 is 0. The molecule has 0 amide bonds. The minimum Gasteiger partial charge on any atom is -0.305 e. The number of rotatable bonds is 4. The van der Waals surface area contributed by atoms with Crippen molar-refractivity contribution in [3.05, 3.63) is 35.4 Å². The highest BCUT2D eigenvalue weighted by Gasteiger charge is 2.13. The van der Waals surface area contributed by atoms with Gasteiger partial charge >= 0.3 is 0 Å². The summed E-state index contributed by atoms with van der Waals surface area (Å²) in [4.78, 5) is 16.9. The molecule has 1 aliphatic rings. The van der Waals surface area contributed by atoms with Crippen molar-refractivity contribution in [2.75, 3.05) is 39.8 Å². The maximum atomic E-state index is 12.1. The topological polar surface area (TPSA) is 23.6 Å². The maximum Gasteiger partial charge on any atom is 0.164 e. The van der Waals surface area contributed by atoms with E-state index in [1.807, 2.05) is 31.2 Å². The Labute approximate surface area is 116 Å². The Morgan fingerprint density at radius 1 is 1.11 bits per heavy atom. The number of hydrogen-bond acceptors (Lipinski definition) is 3. The molecular weight excluding hydrogens is 236 g/mol. The lowest BCUT2D eigenvalue weighted by molar-refractivity contribution is 0.0965. The molecule has 2 rings (SSSR count). The van der Waals surface area contributed by atoms with Crippen molar-refractivity contribution in [3.8, 4) is 0 Å². The lowest BCUT2D eigenvalue weighted by atomic mass is 10.1. The van der Waals surface area contributed by atoms with Crippen molar-refractivity contribution < 1.29 is 4.79 Å². The normalized spacial score (nSPS) is 18.2. The molecule has 0 atom stereocenters. The highest BCUT2D eigenvalue weighted by atomic mass is 16.1. The molecule has 1 aromatic carbocycles. The van der Waals surface area contributed by atoms with Crippen molar-refractivity contribution >= 4 is 5.78 Å². The molecule has 1 fully saturated rings. The van der Waals surface area contributed by atoms with Crippen LogP contribution in [0.4, 0.5) is 0 Å². The van der Waals surface area contributed by atoms with Crippen LogP contribution in [0, 0.1) is 6.92 Å². The van der Waals surface area contributed by atoms with E-state index in [0.717, 1.165) is 31.7 Å². The molecule has 1 heterocycles. The van der Waals surface area contributed by atoms with Crippen LogP contribution in [0.15, 0.2) is 24.3 Å². The third-order valence-corrected chi connectivity index (χ3v) is 3.84. The summed E-state index contributed by atoms with van der Waals surface area (Å²) in [6.07, 6.45) is 1.84. The Hall–Kier alpha value is -1.19. The monoisotopic (exact) mass is 260 g/mol. The fourth-order valence-corrected chi connectivity index (χ4v) is 2.47. The van der Waals surface area contributed by atoms with Crippen molar-refractivity contribution in [2.24, 2.45) is 0 Å². The van der Waals surface area contributed by atoms with Gasteiger partial charge in [0, 0.05) is 31.6 Å². The second kappa shape index (κ2) is 6.83. The number of carbonyl (C=O) groups is 1. The van der Waals surface area contributed by atoms with Crippen LogP contribution in [-0.4, -0.2) is 55.4 Å². The molecule has 3 nitrogen and oxygen atoms in total. The quantitative estimate of drug-likeness (QED) is 0.776. The predicted octanol–water partition coefficient (Wildman–Crippen LogP) is 2.21. The summed E-state index contributed by atoms with van der Waals surface area (Å²) in [5, 5.41) is 0. The summed E-state index contributed by atoms with van der Waals surface area (Å²) in [5.41, 5.74) is 2.05. The van der Waals surface area contributed by atoms with E-state index in [-0.39, 0.29) is 5.78 Å². The van der Waals surface area contributed by atoms with Gasteiger partial charge in [0.2, 0.25) is 0 Å². The fourth-order valence-electron chi connectivity index (χ4n) is 2.47. The second-order valence-electron chi connectivity index (χ2n) is 5.54. The number of ketones is 1. The number of Topliss-reactive ketones (excluding diaryl/α,β-unsaturated/α-hetero) is 1. The van der Waals surface area contributed by atoms with E-state index in [9.17, 15) is 4.79 Å². The number of hydrogen-bond donors (Lipinski definition) is 0. The first-order valence-corrected chi connectivity index (χ1v) is 7.16. The van der Waals surface area contributed by atoms with Gasteiger partial charge in [-0.2, -0.15) is 0 Å². The van der Waals surface area contributed by atoms with Crippen molar-refractivity contribution in [3.63, 3.8) is 0 Å². The van der Waals surface area contributed by atoms with Gasteiger partial charge < -0.3 is 9.80 Å². The highest BCUT2D eigenvalue weighted by Crippen LogP contribution is 2.08. The zero-order chi connectivity index (χ0) is 13.7. The summed E-state index contributed by atoms with van der Waals surface area (Å²) in [6.45, 7) is 7.41. The van der Waals surface area contributed by atoms with Gasteiger partial charge in [0.15, 0.2) is 5.78 Å². The number of nitrogens with zero attached hydrogens (tertiary/aromatic N) is 2. The molecular formula is C16H24N2O. The van der Waals surface area contributed by atoms with E-state index in [4.69, 9.17) is 0 Å². The van der Waals surface area contributed by atoms with Crippen LogP contribution < -0.4 is 0 Å². The average Bonchev–Trinajstić information content (AvgIpc) is 2.61. The van der Waals surface area contributed by atoms with E-state index in [0.29, 0.717) is 6.42 Å². The third kappa shape index (κ3) is 4.44. The Balaban J connectivity index is 1.81. The molecule has 104 valence electrons. The van der Waals surface area contributed by atoms with Gasteiger partial charge in [-0.15, -0.1) is 0 Å². The van der Waals surface area contributed by atoms with Crippen molar-refractivity contribution in [1.29, 1.82) is 0 Å². The zero-order valence-electron chi connectivity index (χ0n) is 12.1. The molecule has 0 spiro atoms. The number of aryl methyl sites for hydroxylation is 1. The van der Waals surface area contributed by atoms with Crippen LogP contribution >= 0.6 is 0 Å². The molecule has 0 bridgehead atoms. The molecule has 0 aliphatic carbocycles. The molecule has 0 N–H and O–H groups in total. The minimum atomic E-state index is 0.262. The first kappa shape index (κ1) is 14.2. The second-order valence-corrected chi connectivity index (χ2v) is 5.54. The number of benzene rings is 1. The summed E-state index contributed by atoms with van der Waals surface area (Å²) in [6, 6.07) is 7.89. The van der Waals surface area contributed by atoms with Crippen LogP contribution in [0.3, 0.4) is 0 Å². The van der Waals surface area contributed by atoms with E-state index in [1.165, 1.54) is 18.5 Å². The Morgan fingerprint density at radius 3 is 2.58 bits per heavy atom. The van der Waals surface area contributed by atoms with Crippen LogP contribution in [0.25, 0.3) is 0 Å². The SMILES string of the molecule is Cc1ccc(C(=O)CCN2CCCN(C)CC2)cc1. The van der Waals surface area contributed by atoms with Gasteiger partial charge in [-0.1, -0.05) is 29.8 Å². The predicted molar refractivity (Wildman–Crippen MR) is 78.7 cm³/mol. The summed E-state index contributed by atoms with van der Waals surface area (Å²) in [5.74, 6) is 0.262. The molecule has 0 saturated carbocycles. The van der Waals surface area contributed by atoms with Gasteiger partial charge in [-0.25, -0.2) is 0 Å². The standard InChI is InChI=1S/C16H24N2O/c1-14-4-6-15(7-5-14)16(19)8-11-18-10-3-9-17(2)12-13-18/h4-7H,3,8-13H2,1-2H3. The van der Waals surface area contributed by atoms with Gasteiger partial charge in [0.05, 0.1) is 0 Å². The first-order chi connectivity index (χ1) is 9.15. The van der Waals surface area contributed by atoms with Crippen molar-refractivity contribution in [2.45, 2.75) is 19.8 Å². The number of carbonyl (C=O) groups excluding carboxylic acids is 1. The molecule has 19 heavy (non-hydrogen) atoms. The van der Waals surface area contributed by atoms with Crippen LogP contribution in [-0.2, 0) is 0 Å². The summed E-state index contributed by atoms with van der Waals surface area (Å²) in [7, 11) is 2.17. The Kier molecular flexibility index (Phi) is 5.11. The highest BCUT2D eigenvalue weighted by molar-refractivity contribution is 5.96. The fraction of sp³-hybridized carbons (Fsp3) is 0.562.